The normalized spacial score (nSPS) is 11.7. The van der Waals surface area contributed by atoms with E-state index in [1.165, 1.54) is 0 Å². The Morgan fingerprint density at radius 1 is 1.67 bits per heavy atom. The molecule has 0 atom stereocenters. The fourth-order valence-corrected chi connectivity index (χ4v) is 1.74. The molecular formula is C11H14O3S. The number of carboxylic acids is 1. The highest BCUT2D eigenvalue weighted by Crippen LogP contribution is 2.09. The molecule has 0 radical (unpaired) electrons. The van der Waals surface area contributed by atoms with Gasteiger partial charge in [0.25, 0.3) is 0 Å². The van der Waals surface area contributed by atoms with E-state index in [0.717, 1.165) is 4.88 Å². The fourth-order valence-electron chi connectivity index (χ4n) is 1.10. The number of hydrogen-bond donors (Lipinski definition) is 1. The third-order valence-corrected chi connectivity index (χ3v) is 2.78. The molecule has 0 aliphatic carbocycles. The molecule has 4 heteroatoms. The Labute approximate surface area is 93.0 Å². The van der Waals surface area contributed by atoms with Gasteiger partial charge in [-0.2, -0.15) is 0 Å². The van der Waals surface area contributed by atoms with Gasteiger partial charge >= 0.3 is 5.97 Å². The molecule has 0 amide bonds. The van der Waals surface area contributed by atoms with E-state index in [4.69, 9.17) is 9.84 Å². The van der Waals surface area contributed by atoms with Crippen LogP contribution in [0.3, 0.4) is 0 Å². The summed E-state index contributed by atoms with van der Waals surface area (Å²) in [5.41, 5.74) is 0.404. The Hall–Kier alpha value is -1.13. The topological polar surface area (TPSA) is 46.5 Å². The van der Waals surface area contributed by atoms with E-state index in [2.05, 4.69) is 0 Å². The van der Waals surface area contributed by atoms with Crippen LogP contribution in [0.5, 0.6) is 0 Å². The summed E-state index contributed by atoms with van der Waals surface area (Å²) in [6, 6.07) is 3.96. The van der Waals surface area contributed by atoms with Gasteiger partial charge in [-0.3, -0.25) is 0 Å². The first-order chi connectivity index (χ1) is 7.24. The Morgan fingerprint density at radius 3 is 3.00 bits per heavy atom. The van der Waals surface area contributed by atoms with Crippen LogP contribution in [-0.2, 0) is 16.1 Å². The quantitative estimate of drug-likeness (QED) is 0.599. The van der Waals surface area contributed by atoms with Crippen LogP contribution in [0, 0.1) is 0 Å². The number of aliphatic carboxylic acids is 1. The van der Waals surface area contributed by atoms with Gasteiger partial charge in [-0.25, -0.2) is 4.79 Å². The van der Waals surface area contributed by atoms with Crippen molar-refractivity contribution < 1.29 is 14.6 Å². The van der Waals surface area contributed by atoms with Crippen molar-refractivity contribution in [3.05, 3.63) is 34.0 Å². The number of rotatable bonds is 6. The van der Waals surface area contributed by atoms with Gasteiger partial charge < -0.3 is 9.84 Å². The first-order valence-corrected chi connectivity index (χ1v) is 5.64. The van der Waals surface area contributed by atoms with Crippen LogP contribution < -0.4 is 0 Å². The van der Waals surface area contributed by atoms with E-state index in [1.54, 1.807) is 17.4 Å². The van der Waals surface area contributed by atoms with Crippen LogP contribution in [-0.4, -0.2) is 17.7 Å². The summed E-state index contributed by atoms with van der Waals surface area (Å²) in [6.45, 7) is 2.72. The summed E-state index contributed by atoms with van der Waals surface area (Å²) in [5.74, 6) is -0.864. The molecule has 0 unspecified atom stereocenters. The minimum atomic E-state index is -0.864. The van der Waals surface area contributed by atoms with Crippen molar-refractivity contribution in [1.82, 2.24) is 0 Å². The zero-order valence-electron chi connectivity index (χ0n) is 8.60. The summed E-state index contributed by atoms with van der Waals surface area (Å²) in [4.78, 5) is 11.8. The zero-order chi connectivity index (χ0) is 11.1. The molecule has 1 N–H and O–H groups in total. The van der Waals surface area contributed by atoms with Gasteiger partial charge in [-0.15, -0.1) is 11.3 Å². The second-order valence-corrected chi connectivity index (χ2v) is 4.01. The van der Waals surface area contributed by atoms with Crippen LogP contribution in [0.25, 0.3) is 0 Å². The Bertz CT molecular complexity index is 328. The van der Waals surface area contributed by atoms with E-state index in [-0.39, 0.29) is 0 Å². The maximum Gasteiger partial charge on any atom is 0.331 e. The lowest BCUT2D eigenvalue weighted by Gasteiger charge is -2.00. The average molecular weight is 226 g/mol. The zero-order valence-corrected chi connectivity index (χ0v) is 9.42. The van der Waals surface area contributed by atoms with Gasteiger partial charge in [0.1, 0.15) is 0 Å². The Kier molecular flexibility index (Phi) is 5.07. The summed E-state index contributed by atoms with van der Waals surface area (Å²) in [5, 5.41) is 10.7. The molecule has 0 fully saturated rings. The van der Waals surface area contributed by atoms with E-state index < -0.39 is 5.97 Å². The molecule has 0 saturated carbocycles. The second-order valence-electron chi connectivity index (χ2n) is 2.98. The molecule has 1 aromatic rings. The third-order valence-electron chi connectivity index (χ3n) is 1.93. The molecule has 1 aromatic heterocycles. The number of carbonyl (C=O) groups is 1. The first kappa shape index (κ1) is 11.9. The summed E-state index contributed by atoms with van der Waals surface area (Å²) < 4.78 is 5.33. The molecule has 1 heterocycles. The summed E-state index contributed by atoms with van der Waals surface area (Å²) in [7, 11) is 0. The predicted octanol–water partition coefficient (Wildman–Crippen LogP) is 2.69. The van der Waals surface area contributed by atoms with Crippen molar-refractivity contribution in [1.29, 1.82) is 0 Å². The van der Waals surface area contributed by atoms with Crippen LogP contribution in [0.1, 0.15) is 18.2 Å². The van der Waals surface area contributed by atoms with Crippen LogP contribution in [0.4, 0.5) is 0 Å². The van der Waals surface area contributed by atoms with Crippen LogP contribution >= 0.6 is 11.3 Å². The molecule has 82 valence electrons. The molecule has 15 heavy (non-hydrogen) atoms. The number of ether oxygens (including phenoxy) is 1. The molecule has 0 saturated heterocycles. The monoisotopic (exact) mass is 226 g/mol. The van der Waals surface area contributed by atoms with E-state index in [9.17, 15) is 4.79 Å². The van der Waals surface area contributed by atoms with Crippen molar-refractivity contribution in [2.45, 2.75) is 20.0 Å². The molecule has 0 bridgehead atoms. The van der Waals surface area contributed by atoms with Crippen molar-refractivity contribution in [2.75, 3.05) is 6.61 Å². The van der Waals surface area contributed by atoms with Gasteiger partial charge in [-0.05, 0) is 23.9 Å². The van der Waals surface area contributed by atoms with Gasteiger partial charge in [0.05, 0.1) is 13.2 Å². The van der Waals surface area contributed by atoms with Crippen molar-refractivity contribution in [2.24, 2.45) is 0 Å². The third kappa shape index (κ3) is 4.27. The smallest absolute Gasteiger partial charge is 0.331 e. The summed E-state index contributed by atoms with van der Waals surface area (Å²) >= 11 is 1.63. The maximum absolute atomic E-state index is 10.6. The van der Waals surface area contributed by atoms with Gasteiger partial charge in [-0.1, -0.05) is 13.0 Å². The Morgan fingerprint density at radius 2 is 2.47 bits per heavy atom. The van der Waals surface area contributed by atoms with Crippen molar-refractivity contribution in [3.63, 3.8) is 0 Å². The van der Waals surface area contributed by atoms with Gasteiger partial charge in [0.2, 0.25) is 0 Å². The first-order valence-electron chi connectivity index (χ1n) is 4.76. The lowest BCUT2D eigenvalue weighted by atomic mass is 10.2. The van der Waals surface area contributed by atoms with Crippen LogP contribution in [0.15, 0.2) is 29.2 Å². The molecule has 0 spiro atoms. The van der Waals surface area contributed by atoms with E-state index in [1.807, 2.05) is 24.4 Å². The molecule has 0 aliphatic rings. The molecule has 0 aromatic carbocycles. The minimum Gasteiger partial charge on any atom is -0.478 e. The number of thiophene rings is 1. The van der Waals surface area contributed by atoms with Crippen molar-refractivity contribution >= 4 is 17.3 Å². The molecule has 0 aliphatic heterocycles. The van der Waals surface area contributed by atoms with E-state index >= 15 is 0 Å². The number of carboxylic acid groups (broad SMARTS) is 1. The lowest BCUT2D eigenvalue weighted by molar-refractivity contribution is -0.132. The standard InChI is InChI=1S/C11H14O3S/c1-2-9(11(12)13)5-6-14-8-10-4-3-7-15-10/h3-5,7H,2,6,8H2,1H3,(H,12,13). The SMILES string of the molecule is CCC(=CCOCc1cccs1)C(=O)O. The molecule has 3 nitrogen and oxygen atoms in total. The fraction of sp³-hybridized carbons (Fsp3) is 0.364. The highest BCUT2D eigenvalue weighted by molar-refractivity contribution is 7.09. The van der Waals surface area contributed by atoms with E-state index in [0.29, 0.717) is 25.2 Å². The second kappa shape index (κ2) is 6.37. The largest absolute Gasteiger partial charge is 0.478 e. The highest BCUT2D eigenvalue weighted by Gasteiger charge is 2.02. The maximum atomic E-state index is 10.6. The van der Waals surface area contributed by atoms with Crippen LogP contribution in [0.2, 0.25) is 0 Å². The lowest BCUT2D eigenvalue weighted by Crippen LogP contribution is -2.01. The van der Waals surface area contributed by atoms with Crippen molar-refractivity contribution in [3.8, 4) is 0 Å². The highest BCUT2D eigenvalue weighted by atomic mass is 32.1. The minimum absolute atomic E-state index is 0.355. The molecular weight excluding hydrogens is 212 g/mol. The predicted molar refractivity (Wildman–Crippen MR) is 60.0 cm³/mol. The van der Waals surface area contributed by atoms with Gasteiger partial charge in [0, 0.05) is 10.5 Å². The number of hydrogen-bond acceptors (Lipinski definition) is 3. The molecule has 1 rings (SSSR count). The summed E-state index contributed by atoms with van der Waals surface area (Å²) in [6.07, 6.45) is 2.15. The average Bonchev–Trinajstić information content (AvgIpc) is 2.70. The Balaban J connectivity index is 2.28. The van der Waals surface area contributed by atoms with Gasteiger partial charge in [0.15, 0.2) is 0 Å².